The molecular weight excluding hydrogens is 581 g/mol. The molecule has 1 fully saturated rings. The third-order valence-electron chi connectivity index (χ3n) is 7.50. The monoisotopic (exact) mass is 619 g/mol. The van der Waals surface area contributed by atoms with Crippen molar-refractivity contribution in [3.8, 4) is 0 Å². The van der Waals surface area contributed by atoms with Gasteiger partial charge >= 0.3 is 12.1 Å². The van der Waals surface area contributed by atoms with Crippen LogP contribution in [0.2, 0.25) is 10.0 Å². The second-order valence-corrected chi connectivity index (χ2v) is 11.6. The summed E-state index contributed by atoms with van der Waals surface area (Å²) in [6, 6.07) is 12.0. The number of carboxylic acid groups (broad SMARTS) is 1. The van der Waals surface area contributed by atoms with Gasteiger partial charge in [-0.25, -0.2) is 9.59 Å². The quantitative estimate of drug-likeness (QED) is 0.252. The lowest BCUT2D eigenvalue weighted by molar-refractivity contribution is -0.142. The second kappa shape index (κ2) is 17.0. The maximum atomic E-state index is 13.3. The molecule has 0 heterocycles. The fourth-order valence-corrected chi connectivity index (χ4v) is 5.35. The van der Waals surface area contributed by atoms with Gasteiger partial charge in [0.1, 0.15) is 18.7 Å². The average Bonchev–Trinajstić information content (AvgIpc) is 2.97. The van der Waals surface area contributed by atoms with Gasteiger partial charge in [0.25, 0.3) is 0 Å². The summed E-state index contributed by atoms with van der Waals surface area (Å²) in [5.74, 6) is -1.87. The molecule has 9 nitrogen and oxygen atoms in total. The number of carbonyl (C=O) groups is 4. The molecule has 228 valence electrons. The van der Waals surface area contributed by atoms with Crippen molar-refractivity contribution in [2.24, 2.45) is 5.92 Å². The van der Waals surface area contributed by atoms with Gasteiger partial charge < -0.3 is 25.4 Å². The van der Waals surface area contributed by atoms with Crippen molar-refractivity contribution >= 4 is 47.1 Å². The summed E-state index contributed by atoms with van der Waals surface area (Å²) in [7, 11) is 1.66. The first-order valence-corrected chi connectivity index (χ1v) is 15.1. The smallest absolute Gasteiger partial charge is 0.408 e. The molecule has 0 unspecified atom stereocenters. The number of ether oxygens (including phenoxy) is 1. The molecule has 1 saturated carbocycles. The first-order valence-electron chi connectivity index (χ1n) is 14.3. The number of amides is 3. The minimum atomic E-state index is -1.29. The van der Waals surface area contributed by atoms with Crippen molar-refractivity contribution in [2.75, 3.05) is 13.6 Å². The molecule has 2 aromatic carbocycles. The van der Waals surface area contributed by atoms with Gasteiger partial charge in [-0.15, -0.1) is 0 Å². The molecule has 0 bridgehead atoms. The Hall–Kier alpha value is -3.30. The highest BCUT2D eigenvalue weighted by Gasteiger charge is 2.30. The number of hydrogen-bond donors (Lipinski definition) is 3. The number of carboxylic acids is 1. The lowest BCUT2D eigenvalue weighted by Gasteiger charge is -2.27. The summed E-state index contributed by atoms with van der Waals surface area (Å²) < 4.78 is 5.31. The van der Waals surface area contributed by atoms with E-state index in [1.807, 2.05) is 12.1 Å². The van der Waals surface area contributed by atoms with Crippen molar-refractivity contribution in [1.29, 1.82) is 0 Å². The molecule has 0 aliphatic heterocycles. The zero-order valence-electron chi connectivity index (χ0n) is 23.8. The number of likely N-dealkylation sites (N-methyl/N-ethyl adjacent to an activating group) is 1. The van der Waals surface area contributed by atoms with Crippen molar-refractivity contribution in [2.45, 2.75) is 76.5 Å². The topological polar surface area (TPSA) is 125 Å². The summed E-state index contributed by atoms with van der Waals surface area (Å²) in [5.41, 5.74) is 1.72. The fourth-order valence-electron chi connectivity index (χ4n) is 5.01. The molecular formula is C31H39Cl2N3O6. The minimum absolute atomic E-state index is 0.0322. The zero-order chi connectivity index (χ0) is 30.5. The van der Waals surface area contributed by atoms with Gasteiger partial charge in [0.15, 0.2) is 0 Å². The van der Waals surface area contributed by atoms with Gasteiger partial charge in [-0.05, 0) is 60.6 Å². The molecule has 3 N–H and O–H groups in total. The summed E-state index contributed by atoms with van der Waals surface area (Å²) in [4.78, 5) is 52.2. The SMILES string of the molecule is CN(CCc1ccc(Cl)cc1)C(=O)CC[C@H](NC(=O)[C@H](CC1CCCCC1)NC(=O)OCc1cccc(Cl)c1)C(=O)O. The normalized spacial score (nSPS) is 14.8. The number of rotatable bonds is 14. The molecule has 0 radical (unpaired) electrons. The van der Waals surface area contributed by atoms with Crippen molar-refractivity contribution < 1.29 is 29.0 Å². The van der Waals surface area contributed by atoms with Crippen molar-refractivity contribution in [3.63, 3.8) is 0 Å². The standard InChI is InChI=1S/C31H39Cl2N3O6/c1-36(17-16-21-10-12-24(32)13-11-21)28(37)15-14-26(30(39)40)34-29(38)27(19-22-6-3-2-4-7-22)35-31(41)42-20-23-8-5-9-25(33)18-23/h5,8-13,18,22,26-27H,2-4,6-7,14-17,19-20H2,1H3,(H,34,38)(H,35,41)(H,39,40)/t26-,27-/m0/s1. The van der Waals surface area contributed by atoms with Crippen LogP contribution in [0.5, 0.6) is 0 Å². The first-order chi connectivity index (χ1) is 20.1. The van der Waals surface area contributed by atoms with E-state index < -0.39 is 30.1 Å². The number of aliphatic carboxylic acids is 1. The van der Waals surface area contributed by atoms with Gasteiger partial charge in [0.2, 0.25) is 11.8 Å². The fraction of sp³-hybridized carbons (Fsp3) is 0.484. The van der Waals surface area contributed by atoms with Crippen LogP contribution in [0.25, 0.3) is 0 Å². The van der Waals surface area contributed by atoms with Crippen LogP contribution in [0.3, 0.4) is 0 Å². The van der Waals surface area contributed by atoms with E-state index in [2.05, 4.69) is 10.6 Å². The summed E-state index contributed by atoms with van der Waals surface area (Å²) in [5, 5.41) is 16.1. The van der Waals surface area contributed by atoms with Gasteiger partial charge in [0.05, 0.1) is 0 Å². The van der Waals surface area contributed by atoms with Gasteiger partial charge in [-0.1, -0.05) is 79.6 Å². The maximum Gasteiger partial charge on any atom is 0.408 e. The Morgan fingerprint density at radius 1 is 0.952 bits per heavy atom. The van der Waals surface area contributed by atoms with Crippen LogP contribution < -0.4 is 10.6 Å². The Balaban J connectivity index is 1.55. The molecule has 2 atom stereocenters. The van der Waals surface area contributed by atoms with E-state index in [0.717, 1.165) is 37.7 Å². The van der Waals surface area contributed by atoms with Crippen LogP contribution >= 0.6 is 23.2 Å². The number of halogens is 2. The molecule has 1 aliphatic rings. The Bertz CT molecular complexity index is 1200. The number of benzene rings is 2. The molecule has 2 aromatic rings. The van der Waals surface area contributed by atoms with Crippen LogP contribution in [-0.4, -0.2) is 59.6 Å². The number of carbonyl (C=O) groups excluding carboxylic acids is 3. The lowest BCUT2D eigenvalue weighted by Crippen LogP contribution is -2.52. The van der Waals surface area contributed by atoms with Crippen LogP contribution in [0.1, 0.15) is 62.5 Å². The highest BCUT2D eigenvalue weighted by atomic mass is 35.5. The lowest BCUT2D eigenvalue weighted by atomic mass is 9.84. The summed E-state index contributed by atoms with van der Waals surface area (Å²) in [6.07, 6.45) is 5.16. The van der Waals surface area contributed by atoms with Gasteiger partial charge in [0, 0.05) is 30.1 Å². The third-order valence-corrected chi connectivity index (χ3v) is 7.98. The van der Waals surface area contributed by atoms with E-state index in [4.69, 9.17) is 27.9 Å². The highest BCUT2D eigenvalue weighted by Crippen LogP contribution is 2.27. The molecule has 11 heteroatoms. The van der Waals surface area contributed by atoms with E-state index in [1.54, 1.807) is 48.3 Å². The number of nitrogens with one attached hydrogen (secondary N) is 2. The van der Waals surface area contributed by atoms with Crippen LogP contribution in [0, 0.1) is 5.92 Å². The molecule has 0 spiro atoms. The first kappa shape index (κ1) is 33.2. The number of hydrogen-bond acceptors (Lipinski definition) is 5. The van der Waals surface area contributed by atoms with E-state index >= 15 is 0 Å². The van der Waals surface area contributed by atoms with E-state index in [1.165, 1.54) is 0 Å². The van der Waals surface area contributed by atoms with Crippen molar-refractivity contribution in [1.82, 2.24) is 15.5 Å². The third kappa shape index (κ3) is 11.5. The predicted octanol–water partition coefficient (Wildman–Crippen LogP) is 5.61. The largest absolute Gasteiger partial charge is 0.480 e. The van der Waals surface area contributed by atoms with Crippen LogP contribution in [-0.2, 0) is 32.1 Å². The molecule has 3 rings (SSSR count). The Morgan fingerprint density at radius 2 is 1.67 bits per heavy atom. The number of alkyl carbamates (subject to hydrolysis) is 1. The summed E-state index contributed by atoms with van der Waals surface area (Å²) >= 11 is 11.9. The van der Waals surface area contributed by atoms with Gasteiger partial charge in [-0.2, -0.15) is 0 Å². The van der Waals surface area contributed by atoms with E-state index in [9.17, 15) is 24.3 Å². The van der Waals surface area contributed by atoms with Crippen LogP contribution in [0.15, 0.2) is 48.5 Å². The van der Waals surface area contributed by atoms with Crippen molar-refractivity contribution in [3.05, 3.63) is 69.7 Å². The second-order valence-electron chi connectivity index (χ2n) is 10.8. The minimum Gasteiger partial charge on any atom is -0.480 e. The molecule has 0 aromatic heterocycles. The Morgan fingerprint density at radius 3 is 2.33 bits per heavy atom. The number of nitrogens with zero attached hydrogens (tertiary/aromatic N) is 1. The van der Waals surface area contributed by atoms with E-state index in [0.29, 0.717) is 35.0 Å². The highest BCUT2D eigenvalue weighted by molar-refractivity contribution is 6.30. The maximum absolute atomic E-state index is 13.3. The van der Waals surface area contributed by atoms with Gasteiger partial charge in [-0.3, -0.25) is 9.59 Å². The molecule has 1 aliphatic carbocycles. The summed E-state index contributed by atoms with van der Waals surface area (Å²) in [6.45, 7) is 0.421. The molecule has 3 amide bonds. The van der Waals surface area contributed by atoms with Crippen LogP contribution in [0.4, 0.5) is 4.79 Å². The predicted molar refractivity (Wildman–Crippen MR) is 161 cm³/mol. The molecule has 0 saturated heterocycles. The Kier molecular flexibility index (Phi) is 13.4. The van der Waals surface area contributed by atoms with E-state index in [-0.39, 0.29) is 31.3 Å². The zero-order valence-corrected chi connectivity index (χ0v) is 25.3. The molecule has 42 heavy (non-hydrogen) atoms. The average molecular weight is 621 g/mol. The Labute approximate surface area is 256 Å².